The number of nitrogens with two attached hydrogens (primary N) is 1. The van der Waals surface area contributed by atoms with Gasteiger partial charge in [0.05, 0.1) is 29.3 Å². The molecule has 2 rings (SSSR count). The monoisotopic (exact) mass is 323 g/mol. The lowest BCUT2D eigenvalue weighted by atomic mass is 10.1. The third-order valence-corrected chi connectivity index (χ3v) is 3.12. The Bertz CT molecular complexity index is 717. The number of anilines is 1. The summed E-state index contributed by atoms with van der Waals surface area (Å²) in [6.07, 6.45) is 3.14. The third-order valence-electron chi connectivity index (χ3n) is 3.12. The van der Waals surface area contributed by atoms with Crippen LogP contribution in [0.5, 0.6) is 0 Å². The molecule has 0 spiro atoms. The van der Waals surface area contributed by atoms with Crippen LogP contribution in [0, 0.1) is 0 Å². The minimum atomic E-state index is -2.85. The highest BCUT2D eigenvalue weighted by atomic mass is 19.3. The van der Waals surface area contributed by atoms with Crippen LogP contribution in [0.3, 0.4) is 0 Å². The summed E-state index contributed by atoms with van der Waals surface area (Å²) in [5.74, 6) is 0. The topological polar surface area (TPSA) is 106 Å². The number of nitrogen functional groups attached to an aromatic ring is 1. The lowest BCUT2D eigenvalue weighted by molar-refractivity contribution is 0.0585. The highest BCUT2D eigenvalue weighted by Gasteiger charge is 2.20. The average Bonchev–Trinajstić information content (AvgIpc) is 2.88. The van der Waals surface area contributed by atoms with Crippen LogP contribution in [-0.2, 0) is 0 Å². The van der Waals surface area contributed by atoms with Gasteiger partial charge in [-0.05, 0) is 18.6 Å². The van der Waals surface area contributed by atoms with E-state index in [1.54, 1.807) is 0 Å². The van der Waals surface area contributed by atoms with Crippen LogP contribution < -0.4 is 11.1 Å². The molecule has 23 heavy (non-hydrogen) atoms. The van der Waals surface area contributed by atoms with Crippen molar-refractivity contribution in [2.45, 2.75) is 19.0 Å². The van der Waals surface area contributed by atoms with Gasteiger partial charge in [-0.25, -0.2) is 9.48 Å². The van der Waals surface area contributed by atoms with E-state index >= 15 is 0 Å². The maximum absolute atomic E-state index is 13.0. The largest absolute Gasteiger partial charge is 0.465 e. The zero-order valence-corrected chi connectivity index (χ0v) is 12.0. The Balaban J connectivity index is 2.45. The number of alkyl halides is 2. The molecule has 0 aromatic carbocycles. The van der Waals surface area contributed by atoms with Crippen molar-refractivity contribution in [1.29, 1.82) is 0 Å². The Morgan fingerprint density at radius 1 is 1.57 bits per heavy atom. The Labute approximate surface area is 130 Å². The van der Waals surface area contributed by atoms with Crippen molar-refractivity contribution in [2.24, 2.45) is 0 Å². The Kier molecular flexibility index (Phi) is 4.89. The number of nitrogens with zero attached hydrogens (tertiary/aromatic N) is 3. The van der Waals surface area contributed by atoms with Gasteiger partial charge in [-0.3, -0.25) is 4.98 Å². The number of amides is 1. The molecule has 0 aliphatic heterocycles. The van der Waals surface area contributed by atoms with Crippen LogP contribution >= 0.6 is 0 Å². The van der Waals surface area contributed by atoms with Crippen LogP contribution in [0.1, 0.15) is 24.7 Å². The second-order valence-electron chi connectivity index (χ2n) is 4.67. The summed E-state index contributed by atoms with van der Waals surface area (Å²) in [6.45, 7) is 0.716. The van der Waals surface area contributed by atoms with Crippen LogP contribution in [-0.4, -0.2) is 26.0 Å². The second-order valence-corrected chi connectivity index (χ2v) is 4.67. The number of carboxylic acid groups (broad SMARTS) is 1. The van der Waals surface area contributed by atoms with Crippen molar-refractivity contribution in [3.8, 4) is 11.3 Å². The molecular weight excluding hydrogens is 308 g/mol. The lowest BCUT2D eigenvalue weighted by Gasteiger charge is -2.16. The number of hydrogen-bond acceptors (Lipinski definition) is 4. The van der Waals surface area contributed by atoms with Crippen molar-refractivity contribution < 1.29 is 18.7 Å². The summed E-state index contributed by atoms with van der Waals surface area (Å²) in [6, 6.07) is 2.35. The molecule has 2 aromatic heterocycles. The summed E-state index contributed by atoms with van der Waals surface area (Å²) in [4.78, 5) is 15.0. The normalized spacial score (nSPS) is 12.1. The van der Waals surface area contributed by atoms with Crippen molar-refractivity contribution in [3.05, 3.63) is 42.9 Å². The Morgan fingerprint density at radius 2 is 2.30 bits per heavy atom. The summed E-state index contributed by atoms with van der Waals surface area (Å²) in [7, 11) is 0. The smallest absolute Gasteiger partial charge is 0.405 e. The molecule has 4 N–H and O–H groups in total. The molecular formula is C14H15F2N5O2. The number of pyridine rings is 1. The van der Waals surface area contributed by atoms with Crippen LogP contribution in [0.4, 0.5) is 19.3 Å². The van der Waals surface area contributed by atoms with Crippen LogP contribution in [0.2, 0.25) is 0 Å². The van der Waals surface area contributed by atoms with Crippen molar-refractivity contribution in [2.75, 3.05) is 5.73 Å². The average molecular weight is 323 g/mol. The van der Waals surface area contributed by atoms with Gasteiger partial charge in [0.25, 0.3) is 0 Å². The molecule has 0 radical (unpaired) electrons. The van der Waals surface area contributed by atoms with E-state index < -0.39 is 18.7 Å². The van der Waals surface area contributed by atoms with Gasteiger partial charge >= 0.3 is 12.6 Å². The standard InChI is InChI=1S/C14H15F2N5O2/c1-2-3-10(20-14(22)23)11-6-8(4-5-18-11)12-9(17)7-19-21(12)13(15)16/h2,4-7,10,13,20H,1,3,17H2,(H,22,23). The van der Waals surface area contributed by atoms with Gasteiger partial charge in [-0.1, -0.05) is 6.08 Å². The van der Waals surface area contributed by atoms with Gasteiger partial charge in [0.2, 0.25) is 0 Å². The van der Waals surface area contributed by atoms with Crippen LogP contribution in [0.15, 0.2) is 37.2 Å². The van der Waals surface area contributed by atoms with Gasteiger partial charge < -0.3 is 16.2 Å². The Morgan fingerprint density at radius 3 is 2.91 bits per heavy atom. The summed E-state index contributed by atoms with van der Waals surface area (Å²) in [5.41, 5.74) is 6.59. The predicted octanol–water partition coefficient (Wildman–Crippen LogP) is 2.81. The fraction of sp³-hybridized carbons (Fsp3) is 0.214. The van der Waals surface area contributed by atoms with Gasteiger partial charge in [-0.15, -0.1) is 6.58 Å². The minimum Gasteiger partial charge on any atom is -0.465 e. The number of rotatable bonds is 6. The molecule has 0 aliphatic rings. The summed E-state index contributed by atoms with van der Waals surface area (Å²) >= 11 is 0. The first-order valence-corrected chi connectivity index (χ1v) is 6.61. The van der Waals surface area contributed by atoms with Gasteiger partial charge in [0, 0.05) is 11.8 Å². The molecule has 2 aromatic rings. The highest BCUT2D eigenvalue weighted by Crippen LogP contribution is 2.30. The third kappa shape index (κ3) is 3.62. The molecule has 122 valence electrons. The molecule has 0 saturated heterocycles. The lowest BCUT2D eigenvalue weighted by Crippen LogP contribution is -2.27. The van der Waals surface area contributed by atoms with E-state index in [-0.39, 0.29) is 11.4 Å². The number of carbonyl (C=O) groups is 1. The maximum atomic E-state index is 13.0. The predicted molar refractivity (Wildman–Crippen MR) is 79.8 cm³/mol. The van der Waals surface area contributed by atoms with Crippen molar-refractivity contribution >= 4 is 11.8 Å². The van der Waals surface area contributed by atoms with Gasteiger partial charge in [0.15, 0.2) is 0 Å². The van der Waals surface area contributed by atoms with Gasteiger partial charge in [-0.2, -0.15) is 13.9 Å². The Hall–Kier alpha value is -2.97. The highest BCUT2D eigenvalue weighted by molar-refractivity contribution is 5.73. The quantitative estimate of drug-likeness (QED) is 0.709. The second kappa shape index (κ2) is 6.86. The number of halogens is 2. The minimum absolute atomic E-state index is 0.0522. The molecule has 0 fully saturated rings. The molecule has 0 aliphatic carbocycles. The summed E-state index contributed by atoms with van der Waals surface area (Å²) in [5, 5.41) is 14.7. The van der Waals surface area contributed by atoms with E-state index in [0.717, 1.165) is 6.20 Å². The van der Waals surface area contributed by atoms with E-state index in [9.17, 15) is 13.6 Å². The SMILES string of the molecule is C=CCC(NC(=O)O)c1cc(-c2c(N)cnn2C(F)F)ccn1. The fourth-order valence-corrected chi connectivity index (χ4v) is 2.18. The molecule has 9 heteroatoms. The maximum Gasteiger partial charge on any atom is 0.405 e. The summed E-state index contributed by atoms with van der Waals surface area (Å²) < 4.78 is 26.5. The van der Waals surface area contributed by atoms with E-state index in [0.29, 0.717) is 22.4 Å². The first-order valence-electron chi connectivity index (χ1n) is 6.61. The van der Waals surface area contributed by atoms with E-state index in [1.165, 1.54) is 24.4 Å². The first-order chi connectivity index (χ1) is 10.9. The molecule has 0 saturated carbocycles. The van der Waals surface area contributed by atoms with Crippen LogP contribution in [0.25, 0.3) is 11.3 Å². The van der Waals surface area contributed by atoms with Gasteiger partial charge in [0.1, 0.15) is 0 Å². The first kappa shape index (κ1) is 16.4. The molecule has 7 nitrogen and oxygen atoms in total. The van der Waals surface area contributed by atoms with Crippen molar-refractivity contribution in [1.82, 2.24) is 20.1 Å². The number of nitrogens with one attached hydrogen (secondary N) is 1. The number of aromatic nitrogens is 3. The molecule has 1 atom stereocenters. The van der Waals surface area contributed by atoms with E-state index in [2.05, 4.69) is 22.0 Å². The van der Waals surface area contributed by atoms with E-state index in [4.69, 9.17) is 10.8 Å². The molecule has 0 bridgehead atoms. The fourth-order valence-electron chi connectivity index (χ4n) is 2.18. The zero-order valence-electron chi connectivity index (χ0n) is 12.0. The molecule has 1 amide bonds. The van der Waals surface area contributed by atoms with E-state index in [1.807, 2.05) is 0 Å². The zero-order chi connectivity index (χ0) is 17.0. The molecule has 2 heterocycles. The van der Waals surface area contributed by atoms with Crippen molar-refractivity contribution in [3.63, 3.8) is 0 Å². The number of hydrogen-bond donors (Lipinski definition) is 3. The molecule has 1 unspecified atom stereocenters.